The van der Waals surface area contributed by atoms with E-state index in [0.29, 0.717) is 5.02 Å². The molecule has 0 aliphatic rings. The molecule has 0 spiro atoms. The van der Waals surface area contributed by atoms with E-state index in [1.165, 1.54) is 12.3 Å². The Morgan fingerprint density at radius 2 is 1.94 bits per heavy atom. The van der Waals surface area contributed by atoms with Crippen LogP contribution in [0.4, 0.5) is 0 Å². The smallest absolute Gasteiger partial charge is 0.314 e. The summed E-state index contributed by atoms with van der Waals surface area (Å²) in [6, 6.07) is 8.41. The molecule has 1 heterocycles. The molecule has 16 heavy (non-hydrogen) atoms. The van der Waals surface area contributed by atoms with Gasteiger partial charge in [0.05, 0.1) is 6.54 Å². The molecule has 1 N–H and O–H groups in total. The number of nitrogens with one attached hydrogen (secondary N) is 1. The van der Waals surface area contributed by atoms with Gasteiger partial charge in [0.2, 0.25) is 0 Å². The minimum Gasteiger partial charge on any atom is -0.314 e. The third-order valence-electron chi connectivity index (χ3n) is 2.23. The molecule has 1 aromatic heterocycles. The summed E-state index contributed by atoms with van der Waals surface area (Å²) in [6.07, 6.45) is 1.33. The molecule has 1 aromatic carbocycles. The molecule has 0 atom stereocenters. The molecule has 2 aromatic rings. The molecule has 0 unspecified atom stereocenters. The Balaban J connectivity index is 2.46. The Labute approximate surface area is 96.1 Å². The average Bonchev–Trinajstić information content (AvgIpc) is 2.26. The third kappa shape index (κ3) is 2.06. The summed E-state index contributed by atoms with van der Waals surface area (Å²) in [7, 11) is 0. The Kier molecular flexibility index (Phi) is 2.92. The van der Waals surface area contributed by atoms with Gasteiger partial charge < -0.3 is 4.98 Å². The van der Waals surface area contributed by atoms with E-state index in [0.717, 1.165) is 10.1 Å². The molecule has 0 radical (unpaired) electrons. The van der Waals surface area contributed by atoms with Crippen LogP contribution in [0, 0.1) is 0 Å². The molecule has 0 amide bonds. The van der Waals surface area contributed by atoms with Crippen LogP contribution in [0.1, 0.15) is 5.56 Å². The molecule has 0 saturated heterocycles. The highest BCUT2D eigenvalue weighted by Gasteiger charge is 2.04. The van der Waals surface area contributed by atoms with Crippen molar-refractivity contribution in [2.24, 2.45) is 0 Å². The lowest BCUT2D eigenvalue weighted by Gasteiger charge is -2.05. The van der Waals surface area contributed by atoms with Crippen molar-refractivity contribution in [3.63, 3.8) is 0 Å². The first-order valence-electron chi connectivity index (χ1n) is 4.70. The van der Waals surface area contributed by atoms with Gasteiger partial charge in [-0.15, -0.1) is 0 Å². The number of aromatic amines is 1. The topological polar surface area (TPSA) is 54.9 Å². The summed E-state index contributed by atoms with van der Waals surface area (Å²) >= 11 is 5.95. The van der Waals surface area contributed by atoms with Gasteiger partial charge in [-0.1, -0.05) is 29.8 Å². The zero-order valence-electron chi connectivity index (χ0n) is 8.31. The summed E-state index contributed by atoms with van der Waals surface area (Å²) in [5.74, 6) is 0. The number of hydrogen-bond donors (Lipinski definition) is 1. The van der Waals surface area contributed by atoms with Crippen LogP contribution in [-0.4, -0.2) is 9.55 Å². The van der Waals surface area contributed by atoms with E-state index in [1.54, 1.807) is 18.2 Å². The quantitative estimate of drug-likeness (QED) is 0.853. The molecular formula is C11H9ClN2O2. The fourth-order valence-corrected chi connectivity index (χ4v) is 1.59. The van der Waals surface area contributed by atoms with E-state index in [4.69, 9.17) is 11.6 Å². The highest BCUT2D eigenvalue weighted by Crippen LogP contribution is 2.14. The lowest BCUT2D eigenvalue weighted by Crippen LogP contribution is -2.34. The molecule has 0 aliphatic carbocycles. The number of benzene rings is 1. The summed E-state index contributed by atoms with van der Waals surface area (Å²) < 4.78 is 1.10. The van der Waals surface area contributed by atoms with Crippen molar-refractivity contribution >= 4 is 11.6 Å². The molecule has 4 nitrogen and oxygen atoms in total. The number of rotatable bonds is 2. The molecule has 5 heteroatoms. The van der Waals surface area contributed by atoms with Gasteiger partial charge in [-0.05, 0) is 11.6 Å². The fraction of sp³-hybridized carbons (Fsp3) is 0.0909. The van der Waals surface area contributed by atoms with E-state index < -0.39 is 5.69 Å². The molecule has 2 rings (SSSR count). The maximum Gasteiger partial charge on any atom is 0.328 e. The predicted octanol–water partition coefficient (Wildman–Crippen LogP) is 1.24. The second-order valence-electron chi connectivity index (χ2n) is 3.30. The van der Waals surface area contributed by atoms with Gasteiger partial charge in [0.1, 0.15) is 0 Å². The van der Waals surface area contributed by atoms with Crippen molar-refractivity contribution in [2.45, 2.75) is 6.54 Å². The predicted molar refractivity (Wildman–Crippen MR) is 61.9 cm³/mol. The number of aromatic nitrogens is 2. The number of halogens is 1. The largest absolute Gasteiger partial charge is 0.328 e. The molecular weight excluding hydrogens is 228 g/mol. The van der Waals surface area contributed by atoms with Crippen molar-refractivity contribution < 1.29 is 0 Å². The summed E-state index contributed by atoms with van der Waals surface area (Å²) in [4.78, 5) is 25.3. The Hall–Kier alpha value is -1.81. The van der Waals surface area contributed by atoms with Crippen LogP contribution >= 0.6 is 11.6 Å². The van der Waals surface area contributed by atoms with E-state index in [2.05, 4.69) is 4.98 Å². The van der Waals surface area contributed by atoms with Gasteiger partial charge in [-0.3, -0.25) is 9.36 Å². The van der Waals surface area contributed by atoms with Gasteiger partial charge in [0.15, 0.2) is 0 Å². The lowest BCUT2D eigenvalue weighted by atomic mass is 10.2. The Morgan fingerprint density at radius 1 is 1.19 bits per heavy atom. The molecule has 82 valence electrons. The van der Waals surface area contributed by atoms with Crippen LogP contribution in [0.25, 0.3) is 0 Å². The van der Waals surface area contributed by atoms with Crippen LogP contribution < -0.4 is 11.2 Å². The summed E-state index contributed by atoms with van der Waals surface area (Å²) in [5, 5.41) is 0.539. The van der Waals surface area contributed by atoms with Crippen molar-refractivity contribution in [1.29, 1.82) is 0 Å². The second-order valence-corrected chi connectivity index (χ2v) is 3.71. The first-order valence-corrected chi connectivity index (χ1v) is 5.08. The minimum atomic E-state index is -0.438. The van der Waals surface area contributed by atoms with Crippen LogP contribution in [0.3, 0.4) is 0 Å². The molecule has 0 fully saturated rings. The maximum atomic E-state index is 11.5. The lowest BCUT2D eigenvalue weighted by molar-refractivity contribution is 0.699. The van der Waals surface area contributed by atoms with E-state index in [1.807, 2.05) is 6.07 Å². The second kappa shape index (κ2) is 4.37. The maximum absolute atomic E-state index is 11.5. The van der Waals surface area contributed by atoms with Crippen molar-refractivity contribution in [3.05, 3.63) is 68.0 Å². The summed E-state index contributed by atoms with van der Waals surface area (Å²) in [5.41, 5.74) is -0.0425. The monoisotopic (exact) mass is 236 g/mol. The van der Waals surface area contributed by atoms with Crippen LogP contribution in [0.2, 0.25) is 5.02 Å². The standard InChI is InChI=1S/C11H9ClN2O2/c12-9-4-2-1-3-8(9)7-14-10(15)5-6-13-11(14)16/h1-6H,7H2,(H,13,16). The third-order valence-corrected chi connectivity index (χ3v) is 2.60. The number of nitrogens with zero attached hydrogens (tertiary/aromatic N) is 1. The fourth-order valence-electron chi connectivity index (χ4n) is 1.40. The first-order chi connectivity index (χ1) is 7.68. The minimum absolute atomic E-state index is 0.175. The number of hydrogen-bond acceptors (Lipinski definition) is 2. The molecule has 0 bridgehead atoms. The van der Waals surface area contributed by atoms with Gasteiger partial charge in [-0.25, -0.2) is 4.79 Å². The van der Waals surface area contributed by atoms with Gasteiger partial charge in [-0.2, -0.15) is 0 Å². The first kappa shape index (κ1) is 10.7. The average molecular weight is 237 g/mol. The van der Waals surface area contributed by atoms with E-state index in [-0.39, 0.29) is 12.1 Å². The Morgan fingerprint density at radius 3 is 2.62 bits per heavy atom. The highest BCUT2D eigenvalue weighted by atomic mass is 35.5. The van der Waals surface area contributed by atoms with Crippen molar-refractivity contribution in [2.75, 3.05) is 0 Å². The SMILES string of the molecule is O=c1cc[nH]c(=O)n1Cc1ccccc1Cl. The van der Waals surface area contributed by atoms with Crippen LogP contribution in [0.15, 0.2) is 46.1 Å². The van der Waals surface area contributed by atoms with Crippen LogP contribution in [0.5, 0.6) is 0 Å². The molecule has 0 aliphatic heterocycles. The molecule has 0 saturated carbocycles. The zero-order chi connectivity index (χ0) is 11.5. The van der Waals surface area contributed by atoms with Gasteiger partial charge >= 0.3 is 5.69 Å². The van der Waals surface area contributed by atoms with Gasteiger partial charge in [0.25, 0.3) is 5.56 Å². The normalized spacial score (nSPS) is 10.3. The zero-order valence-corrected chi connectivity index (χ0v) is 9.07. The number of H-pyrrole nitrogens is 1. The van der Waals surface area contributed by atoms with Crippen molar-refractivity contribution in [3.8, 4) is 0 Å². The van der Waals surface area contributed by atoms with Crippen molar-refractivity contribution in [1.82, 2.24) is 9.55 Å². The summed E-state index contributed by atoms with van der Waals surface area (Å²) in [6.45, 7) is 0.175. The van der Waals surface area contributed by atoms with Gasteiger partial charge in [0, 0.05) is 17.3 Å². The Bertz CT molecular complexity index is 587. The highest BCUT2D eigenvalue weighted by molar-refractivity contribution is 6.31. The van der Waals surface area contributed by atoms with Crippen LogP contribution in [-0.2, 0) is 6.54 Å². The van der Waals surface area contributed by atoms with E-state index >= 15 is 0 Å². The van der Waals surface area contributed by atoms with E-state index in [9.17, 15) is 9.59 Å².